The maximum absolute atomic E-state index is 12.3. The summed E-state index contributed by atoms with van der Waals surface area (Å²) < 4.78 is 10.5. The average Bonchev–Trinajstić information content (AvgIpc) is 3.12. The molecule has 0 fully saturated rings. The van der Waals surface area contributed by atoms with Crippen LogP contribution in [0, 0.1) is 0 Å². The van der Waals surface area contributed by atoms with E-state index in [0.29, 0.717) is 30.2 Å². The molecule has 0 spiro atoms. The molecule has 0 unspecified atom stereocenters. The molecule has 0 radical (unpaired) electrons. The Bertz CT molecular complexity index is 834. The molecule has 0 saturated heterocycles. The molecule has 2 aromatic carbocycles. The highest BCUT2D eigenvalue weighted by molar-refractivity contribution is 5.95. The standard InChI is InChI=1S/C20H23N3O4/c1-14(24)23(17-7-5-16(6-8-17)22(2)3)11-10-21-20(25)15-4-9-18-19(12-15)27-13-26-18/h4-9,12H,10-11,13H2,1-3H3,(H,21,25). The highest BCUT2D eigenvalue weighted by atomic mass is 16.7. The highest BCUT2D eigenvalue weighted by Gasteiger charge is 2.17. The van der Waals surface area contributed by atoms with Crippen molar-refractivity contribution in [1.82, 2.24) is 5.32 Å². The molecule has 3 rings (SSSR count). The van der Waals surface area contributed by atoms with Crippen molar-refractivity contribution in [2.24, 2.45) is 0 Å². The molecule has 7 nitrogen and oxygen atoms in total. The van der Waals surface area contributed by atoms with Crippen LogP contribution in [0.2, 0.25) is 0 Å². The number of carbonyl (C=O) groups is 2. The minimum Gasteiger partial charge on any atom is -0.454 e. The highest BCUT2D eigenvalue weighted by Crippen LogP contribution is 2.32. The first kappa shape index (κ1) is 18.6. The van der Waals surface area contributed by atoms with Gasteiger partial charge in [0.25, 0.3) is 5.91 Å². The van der Waals surface area contributed by atoms with Crippen molar-refractivity contribution in [2.75, 3.05) is 43.8 Å². The summed E-state index contributed by atoms with van der Waals surface area (Å²) in [7, 11) is 3.92. The van der Waals surface area contributed by atoms with Gasteiger partial charge in [-0.2, -0.15) is 0 Å². The first-order chi connectivity index (χ1) is 13.0. The fourth-order valence-electron chi connectivity index (χ4n) is 2.82. The van der Waals surface area contributed by atoms with E-state index in [1.54, 1.807) is 23.1 Å². The van der Waals surface area contributed by atoms with Gasteiger partial charge in [-0.1, -0.05) is 0 Å². The number of hydrogen-bond acceptors (Lipinski definition) is 5. The molecule has 2 aromatic rings. The zero-order valence-electron chi connectivity index (χ0n) is 15.7. The van der Waals surface area contributed by atoms with E-state index in [2.05, 4.69) is 5.32 Å². The monoisotopic (exact) mass is 369 g/mol. The summed E-state index contributed by atoms with van der Waals surface area (Å²) in [5.41, 5.74) is 2.34. The molecular formula is C20H23N3O4. The van der Waals surface area contributed by atoms with Crippen molar-refractivity contribution in [3.05, 3.63) is 48.0 Å². The van der Waals surface area contributed by atoms with Crippen molar-refractivity contribution in [2.45, 2.75) is 6.92 Å². The van der Waals surface area contributed by atoms with E-state index in [-0.39, 0.29) is 18.6 Å². The molecule has 0 atom stereocenters. The van der Waals surface area contributed by atoms with Gasteiger partial charge in [0.05, 0.1) is 0 Å². The van der Waals surface area contributed by atoms with E-state index in [1.165, 1.54) is 6.92 Å². The SMILES string of the molecule is CC(=O)N(CCNC(=O)c1ccc2c(c1)OCO2)c1ccc(N(C)C)cc1. The van der Waals surface area contributed by atoms with Gasteiger partial charge in [-0.05, 0) is 42.5 Å². The van der Waals surface area contributed by atoms with Crippen molar-refractivity contribution in [1.29, 1.82) is 0 Å². The Hall–Kier alpha value is -3.22. The van der Waals surface area contributed by atoms with Crippen LogP contribution >= 0.6 is 0 Å². The van der Waals surface area contributed by atoms with E-state index < -0.39 is 0 Å². The second kappa shape index (κ2) is 7.99. The third kappa shape index (κ3) is 4.31. The lowest BCUT2D eigenvalue weighted by molar-refractivity contribution is -0.116. The van der Waals surface area contributed by atoms with E-state index in [4.69, 9.17) is 9.47 Å². The van der Waals surface area contributed by atoms with Crippen LogP contribution in [0.25, 0.3) is 0 Å². The normalized spacial score (nSPS) is 11.8. The average molecular weight is 369 g/mol. The number of benzene rings is 2. The minimum absolute atomic E-state index is 0.0788. The molecule has 0 aliphatic carbocycles. The van der Waals surface area contributed by atoms with Crippen LogP contribution in [0.5, 0.6) is 11.5 Å². The molecule has 1 aliphatic rings. The predicted molar refractivity (Wildman–Crippen MR) is 104 cm³/mol. The van der Waals surface area contributed by atoms with Gasteiger partial charge in [0.2, 0.25) is 12.7 Å². The van der Waals surface area contributed by atoms with Gasteiger partial charge >= 0.3 is 0 Å². The van der Waals surface area contributed by atoms with Crippen LogP contribution in [0.1, 0.15) is 17.3 Å². The molecular weight excluding hydrogens is 346 g/mol. The number of nitrogens with one attached hydrogen (secondary N) is 1. The Morgan fingerprint density at radius 1 is 1.00 bits per heavy atom. The fraction of sp³-hybridized carbons (Fsp3) is 0.300. The quantitative estimate of drug-likeness (QED) is 0.846. The van der Waals surface area contributed by atoms with Crippen molar-refractivity contribution < 1.29 is 19.1 Å². The molecule has 2 amide bonds. The topological polar surface area (TPSA) is 71.1 Å². The molecule has 0 saturated carbocycles. The number of anilines is 2. The van der Waals surface area contributed by atoms with Gasteiger partial charge in [0.1, 0.15) is 0 Å². The van der Waals surface area contributed by atoms with Crippen LogP contribution in [-0.2, 0) is 4.79 Å². The fourth-order valence-corrected chi connectivity index (χ4v) is 2.82. The molecule has 142 valence electrons. The summed E-state index contributed by atoms with van der Waals surface area (Å²) in [6, 6.07) is 12.8. The van der Waals surface area contributed by atoms with Crippen molar-refractivity contribution in [3.8, 4) is 11.5 Å². The van der Waals surface area contributed by atoms with Gasteiger partial charge in [-0.3, -0.25) is 9.59 Å². The molecule has 0 bridgehead atoms. The minimum atomic E-state index is -0.222. The summed E-state index contributed by atoms with van der Waals surface area (Å²) in [4.78, 5) is 28.0. The smallest absolute Gasteiger partial charge is 0.251 e. The maximum atomic E-state index is 12.3. The summed E-state index contributed by atoms with van der Waals surface area (Å²) in [6.07, 6.45) is 0. The van der Waals surface area contributed by atoms with Crippen LogP contribution < -0.4 is 24.6 Å². The van der Waals surface area contributed by atoms with Crippen LogP contribution in [-0.4, -0.2) is 45.8 Å². The van der Waals surface area contributed by atoms with Gasteiger partial charge in [0, 0.05) is 51.0 Å². The lowest BCUT2D eigenvalue weighted by Crippen LogP contribution is -2.37. The van der Waals surface area contributed by atoms with E-state index in [0.717, 1.165) is 11.4 Å². The van der Waals surface area contributed by atoms with E-state index >= 15 is 0 Å². The first-order valence-electron chi connectivity index (χ1n) is 8.69. The lowest BCUT2D eigenvalue weighted by atomic mass is 10.2. The maximum Gasteiger partial charge on any atom is 0.251 e. The summed E-state index contributed by atoms with van der Waals surface area (Å²) in [5, 5.41) is 2.84. The third-order valence-electron chi connectivity index (χ3n) is 4.31. The zero-order chi connectivity index (χ0) is 19.4. The van der Waals surface area contributed by atoms with Crippen LogP contribution in [0.15, 0.2) is 42.5 Å². The molecule has 27 heavy (non-hydrogen) atoms. The Morgan fingerprint density at radius 2 is 1.67 bits per heavy atom. The Kier molecular flexibility index (Phi) is 5.49. The lowest BCUT2D eigenvalue weighted by Gasteiger charge is -2.22. The number of amides is 2. The Morgan fingerprint density at radius 3 is 2.33 bits per heavy atom. The van der Waals surface area contributed by atoms with Crippen molar-refractivity contribution >= 4 is 23.2 Å². The van der Waals surface area contributed by atoms with Crippen molar-refractivity contribution in [3.63, 3.8) is 0 Å². The number of hydrogen-bond donors (Lipinski definition) is 1. The number of rotatable bonds is 6. The van der Waals surface area contributed by atoms with E-state index in [9.17, 15) is 9.59 Å². The van der Waals surface area contributed by atoms with Gasteiger partial charge < -0.3 is 24.6 Å². The predicted octanol–water partition coefficient (Wildman–Crippen LogP) is 2.26. The number of carbonyl (C=O) groups excluding carboxylic acids is 2. The zero-order valence-corrected chi connectivity index (χ0v) is 15.7. The molecule has 1 N–H and O–H groups in total. The van der Waals surface area contributed by atoms with Gasteiger partial charge in [0.15, 0.2) is 11.5 Å². The Balaban J connectivity index is 1.59. The molecule has 7 heteroatoms. The first-order valence-corrected chi connectivity index (χ1v) is 8.69. The second-order valence-corrected chi connectivity index (χ2v) is 6.41. The summed E-state index contributed by atoms with van der Waals surface area (Å²) >= 11 is 0. The van der Waals surface area contributed by atoms with Crippen LogP contribution in [0.3, 0.4) is 0 Å². The Labute approximate surface area is 158 Å². The number of nitrogens with zero attached hydrogens (tertiary/aromatic N) is 2. The summed E-state index contributed by atoms with van der Waals surface area (Å²) in [5.74, 6) is 0.897. The number of ether oxygens (including phenoxy) is 2. The van der Waals surface area contributed by atoms with E-state index in [1.807, 2.05) is 43.3 Å². The largest absolute Gasteiger partial charge is 0.454 e. The second-order valence-electron chi connectivity index (χ2n) is 6.41. The molecule has 1 aliphatic heterocycles. The third-order valence-corrected chi connectivity index (χ3v) is 4.31. The summed E-state index contributed by atoms with van der Waals surface area (Å²) in [6.45, 7) is 2.40. The molecule has 1 heterocycles. The van der Waals surface area contributed by atoms with Gasteiger partial charge in [-0.15, -0.1) is 0 Å². The number of fused-ring (bicyclic) bond motifs is 1. The van der Waals surface area contributed by atoms with Gasteiger partial charge in [-0.25, -0.2) is 0 Å². The van der Waals surface area contributed by atoms with Crippen LogP contribution in [0.4, 0.5) is 11.4 Å². The molecule has 0 aromatic heterocycles.